The SMILES string of the molecule is CC(CO)(NC(=O)c1cc(-c2cccnc2)on1)C1CC1. The molecule has 1 atom stereocenters. The number of pyridine rings is 1. The fourth-order valence-corrected chi connectivity index (χ4v) is 2.34. The predicted molar refractivity (Wildman–Crippen MR) is 75.4 cm³/mol. The highest BCUT2D eigenvalue weighted by Gasteiger charge is 2.42. The van der Waals surface area contributed by atoms with Crippen LogP contribution in [0.15, 0.2) is 35.1 Å². The summed E-state index contributed by atoms with van der Waals surface area (Å²) in [6.07, 6.45) is 5.36. The van der Waals surface area contributed by atoms with Gasteiger partial charge in [-0.3, -0.25) is 9.78 Å². The second-order valence-corrected chi connectivity index (χ2v) is 5.62. The van der Waals surface area contributed by atoms with E-state index in [0.29, 0.717) is 11.7 Å². The molecule has 0 spiro atoms. The molecule has 6 nitrogen and oxygen atoms in total. The van der Waals surface area contributed by atoms with E-state index >= 15 is 0 Å². The average molecular weight is 287 g/mol. The van der Waals surface area contributed by atoms with Crippen molar-refractivity contribution in [2.24, 2.45) is 5.92 Å². The molecule has 3 rings (SSSR count). The van der Waals surface area contributed by atoms with Gasteiger partial charge in [0.15, 0.2) is 11.5 Å². The molecule has 1 saturated carbocycles. The summed E-state index contributed by atoms with van der Waals surface area (Å²) in [5.74, 6) is 0.485. The second kappa shape index (κ2) is 5.29. The fourth-order valence-electron chi connectivity index (χ4n) is 2.34. The highest BCUT2D eigenvalue weighted by molar-refractivity contribution is 5.93. The molecule has 2 N–H and O–H groups in total. The number of nitrogens with one attached hydrogen (secondary N) is 1. The number of carbonyl (C=O) groups excluding carboxylic acids is 1. The first-order valence-electron chi connectivity index (χ1n) is 6.93. The fraction of sp³-hybridized carbons (Fsp3) is 0.400. The maximum atomic E-state index is 12.2. The van der Waals surface area contributed by atoms with Crippen LogP contribution in [0.5, 0.6) is 0 Å². The Balaban J connectivity index is 1.75. The number of amides is 1. The van der Waals surface area contributed by atoms with Crippen molar-refractivity contribution in [1.82, 2.24) is 15.5 Å². The van der Waals surface area contributed by atoms with E-state index < -0.39 is 5.54 Å². The van der Waals surface area contributed by atoms with Gasteiger partial charge >= 0.3 is 0 Å². The summed E-state index contributed by atoms with van der Waals surface area (Å²) in [5, 5.41) is 16.2. The lowest BCUT2D eigenvalue weighted by Gasteiger charge is -2.28. The molecule has 0 bridgehead atoms. The standard InChI is InChI=1S/C15H17N3O3/c1-15(9-19,11-4-5-11)17-14(20)12-7-13(21-18-12)10-3-2-6-16-8-10/h2-3,6-8,11,19H,4-5,9H2,1H3,(H,17,20). The molecule has 0 aliphatic heterocycles. The first-order chi connectivity index (χ1) is 10.1. The second-order valence-electron chi connectivity index (χ2n) is 5.62. The van der Waals surface area contributed by atoms with E-state index in [0.717, 1.165) is 18.4 Å². The zero-order chi connectivity index (χ0) is 14.9. The molecule has 6 heteroatoms. The van der Waals surface area contributed by atoms with Crippen molar-refractivity contribution >= 4 is 5.91 Å². The molecule has 1 fully saturated rings. The summed E-state index contributed by atoms with van der Waals surface area (Å²) in [6, 6.07) is 5.20. The Morgan fingerprint density at radius 1 is 1.57 bits per heavy atom. The maximum Gasteiger partial charge on any atom is 0.273 e. The van der Waals surface area contributed by atoms with Crippen LogP contribution < -0.4 is 5.32 Å². The van der Waals surface area contributed by atoms with Crippen LogP contribution in [-0.4, -0.2) is 33.3 Å². The van der Waals surface area contributed by atoms with Gasteiger partial charge in [0.25, 0.3) is 5.91 Å². The monoisotopic (exact) mass is 287 g/mol. The quantitative estimate of drug-likeness (QED) is 0.872. The summed E-state index contributed by atoms with van der Waals surface area (Å²) in [4.78, 5) is 16.2. The normalized spacial score (nSPS) is 17.2. The van der Waals surface area contributed by atoms with Crippen molar-refractivity contribution in [2.45, 2.75) is 25.3 Å². The van der Waals surface area contributed by atoms with E-state index in [9.17, 15) is 9.90 Å². The summed E-state index contributed by atoms with van der Waals surface area (Å²) in [6.45, 7) is 1.77. The smallest absolute Gasteiger partial charge is 0.273 e. The number of rotatable bonds is 5. The Hall–Kier alpha value is -2.21. The molecule has 2 aromatic rings. The van der Waals surface area contributed by atoms with Gasteiger partial charge in [0.05, 0.1) is 12.1 Å². The van der Waals surface area contributed by atoms with E-state index in [1.807, 2.05) is 13.0 Å². The Morgan fingerprint density at radius 3 is 3.00 bits per heavy atom. The zero-order valence-corrected chi connectivity index (χ0v) is 11.7. The maximum absolute atomic E-state index is 12.2. The largest absolute Gasteiger partial charge is 0.394 e. The number of carbonyl (C=O) groups is 1. The molecule has 0 radical (unpaired) electrons. The van der Waals surface area contributed by atoms with E-state index in [1.54, 1.807) is 24.5 Å². The van der Waals surface area contributed by atoms with Crippen LogP contribution in [0.4, 0.5) is 0 Å². The van der Waals surface area contributed by atoms with Gasteiger partial charge in [-0.2, -0.15) is 0 Å². The van der Waals surface area contributed by atoms with Crippen LogP contribution in [0.1, 0.15) is 30.3 Å². The molecule has 2 heterocycles. The molecule has 1 amide bonds. The van der Waals surface area contributed by atoms with Crippen LogP contribution in [0.25, 0.3) is 11.3 Å². The van der Waals surface area contributed by atoms with Crippen LogP contribution in [-0.2, 0) is 0 Å². The Kier molecular flexibility index (Phi) is 3.47. The van der Waals surface area contributed by atoms with Crippen LogP contribution in [0.3, 0.4) is 0 Å². The van der Waals surface area contributed by atoms with Crippen molar-refractivity contribution in [3.05, 3.63) is 36.3 Å². The minimum Gasteiger partial charge on any atom is -0.394 e. The first-order valence-corrected chi connectivity index (χ1v) is 6.93. The van der Waals surface area contributed by atoms with Crippen LogP contribution >= 0.6 is 0 Å². The van der Waals surface area contributed by atoms with Gasteiger partial charge in [0, 0.05) is 24.0 Å². The van der Waals surface area contributed by atoms with Crippen molar-refractivity contribution in [1.29, 1.82) is 0 Å². The minimum atomic E-state index is -0.593. The van der Waals surface area contributed by atoms with Gasteiger partial charge in [-0.15, -0.1) is 0 Å². The molecular weight excluding hydrogens is 270 g/mol. The number of aliphatic hydroxyl groups is 1. The number of hydrogen-bond acceptors (Lipinski definition) is 5. The van der Waals surface area contributed by atoms with Gasteiger partial charge in [-0.25, -0.2) is 0 Å². The number of aliphatic hydroxyl groups excluding tert-OH is 1. The van der Waals surface area contributed by atoms with Crippen molar-refractivity contribution in [3.63, 3.8) is 0 Å². The summed E-state index contributed by atoms with van der Waals surface area (Å²) in [5.41, 5.74) is 0.371. The van der Waals surface area contributed by atoms with E-state index in [2.05, 4.69) is 15.5 Å². The lowest BCUT2D eigenvalue weighted by molar-refractivity contribution is 0.0815. The van der Waals surface area contributed by atoms with Crippen molar-refractivity contribution < 1.29 is 14.4 Å². The Labute approximate surface area is 122 Å². The van der Waals surface area contributed by atoms with Gasteiger partial charge in [0.2, 0.25) is 0 Å². The molecule has 0 aromatic carbocycles. The molecule has 2 aromatic heterocycles. The molecule has 1 aliphatic rings. The Bertz CT molecular complexity index is 637. The molecule has 1 aliphatic carbocycles. The summed E-state index contributed by atoms with van der Waals surface area (Å²) < 4.78 is 5.18. The van der Waals surface area contributed by atoms with Crippen molar-refractivity contribution in [2.75, 3.05) is 6.61 Å². The number of nitrogens with zero attached hydrogens (tertiary/aromatic N) is 2. The summed E-state index contributed by atoms with van der Waals surface area (Å²) >= 11 is 0. The predicted octanol–water partition coefficient (Wildman–Crippen LogP) is 1.63. The number of hydrogen-bond donors (Lipinski definition) is 2. The van der Waals surface area contributed by atoms with E-state index in [-0.39, 0.29) is 18.2 Å². The van der Waals surface area contributed by atoms with Gasteiger partial charge in [-0.1, -0.05) is 5.16 Å². The average Bonchev–Trinajstić information content (AvgIpc) is 3.26. The molecule has 1 unspecified atom stereocenters. The Morgan fingerprint density at radius 2 is 2.38 bits per heavy atom. The lowest BCUT2D eigenvalue weighted by Crippen LogP contribution is -2.50. The third kappa shape index (κ3) is 2.80. The van der Waals surface area contributed by atoms with Gasteiger partial charge < -0.3 is 14.9 Å². The molecule has 110 valence electrons. The minimum absolute atomic E-state index is 0.0866. The van der Waals surface area contributed by atoms with Gasteiger partial charge in [-0.05, 0) is 37.8 Å². The third-order valence-electron chi connectivity index (χ3n) is 3.89. The third-order valence-corrected chi connectivity index (χ3v) is 3.89. The molecular formula is C15H17N3O3. The highest BCUT2D eigenvalue weighted by atomic mass is 16.5. The van der Waals surface area contributed by atoms with Crippen molar-refractivity contribution in [3.8, 4) is 11.3 Å². The highest BCUT2D eigenvalue weighted by Crippen LogP contribution is 2.39. The molecule has 21 heavy (non-hydrogen) atoms. The van der Waals surface area contributed by atoms with E-state index in [1.165, 1.54) is 0 Å². The van der Waals surface area contributed by atoms with Gasteiger partial charge in [0.1, 0.15) is 0 Å². The summed E-state index contributed by atoms with van der Waals surface area (Å²) in [7, 11) is 0. The first kappa shape index (κ1) is 13.8. The number of aromatic nitrogens is 2. The lowest BCUT2D eigenvalue weighted by atomic mass is 9.97. The van der Waals surface area contributed by atoms with E-state index in [4.69, 9.17) is 4.52 Å². The topological polar surface area (TPSA) is 88.2 Å². The molecule has 0 saturated heterocycles. The van der Waals surface area contributed by atoms with Crippen LogP contribution in [0, 0.1) is 5.92 Å². The zero-order valence-electron chi connectivity index (χ0n) is 11.7. The van der Waals surface area contributed by atoms with Crippen LogP contribution in [0.2, 0.25) is 0 Å².